The van der Waals surface area contributed by atoms with Crippen LogP contribution in [0, 0.1) is 6.92 Å². The largest absolute Gasteiger partial charge is 0.324 e. The highest BCUT2D eigenvalue weighted by Crippen LogP contribution is 2.38. The Morgan fingerprint density at radius 3 is 2.86 bits per heavy atom. The van der Waals surface area contributed by atoms with Crippen molar-refractivity contribution in [3.8, 4) is 0 Å². The molecule has 2 nitrogen and oxygen atoms in total. The summed E-state index contributed by atoms with van der Waals surface area (Å²) in [6.07, 6.45) is 0.740. The Balaban J connectivity index is 1.74. The molecular weight excluding hydrogens is 325 g/mol. The van der Waals surface area contributed by atoms with Crippen molar-refractivity contribution in [2.45, 2.75) is 23.5 Å². The third kappa shape index (κ3) is 3.20. The third-order valence-electron chi connectivity index (χ3n) is 3.38. The highest BCUT2D eigenvalue weighted by molar-refractivity contribution is 8.01. The Morgan fingerprint density at radius 1 is 1.24 bits per heavy atom. The predicted molar refractivity (Wildman–Crippen MR) is 89.6 cm³/mol. The van der Waals surface area contributed by atoms with E-state index in [0.717, 1.165) is 6.42 Å². The molecule has 0 radical (unpaired) electrons. The number of carbonyl (C=O) groups excluding carboxylic acids is 1. The fourth-order valence-corrected chi connectivity index (χ4v) is 3.92. The third-order valence-corrected chi connectivity index (χ3v) is 5.24. The van der Waals surface area contributed by atoms with Gasteiger partial charge in [-0.25, -0.2) is 0 Å². The standard InChI is InChI=1S/C16H13Cl2NOS/c1-9-2-3-10-7-15(21-14(10)6-9)16(20)19-13-8-11(17)4-5-12(13)18/h2-6,8,15H,7H2,1H3,(H,19,20)/t15-/m1/s1. The Morgan fingerprint density at radius 2 is 2.05 bits per heavy atom. The van der Waals surface area contributed by atoms with E-state index in [4.69, 9.17) is 23.2 Å². The second-order valence-electron chi connectivity index (χ2n) is 5.04. The number of amides is 1. The van der Waals surface area contributed by atoms with Gasteiger partial charge in [-0.2, -0.15) is 0 Å². The Labute approximate surface area is 137 Å². The molecule has 0 bridgehead atoms. The van der Waals surface area contributed by atoms with Gasteiger partial charge in [0.1, 0.15) is 0 Å². The van der Waals surface area contributed by atoms with Crippen molar-refractivity contribution in [3.05, 3.63) is 57.6 Å². The molecule has 2 aromatic rings. The molecule has 1 atom stereocenters. The zero-order chi connectivity index (χ0) is 15.0. The number of benzene rings is 2. The summed E-state index contributed by atoms with van der Waals surface area (Å²) in [6.45, 7) is 2.06. The first-order valence-electron chi connectivity index (χ1n) is 6.55. The van der Waals surface area contributed by atoms with Crippen LogP contribution in [0.2, 0.25) is 10.0 Å². The number of hydrogen-bond acceptors (Lipinski definition) is 2. The second-order valence-corrected chi connectivity index (χ2v) is 7.12. The number of halogens is 2. The highest BCUT2D eigenvalue weighted by atomic mass is 35.5. The molecule has 21 heavy (non-hydrogen) atoms. The normalized spacial score (nSPS) is 16.6. The molecule has 1 aliphatic heterocycles. The first-order chi connectivity index (χ1) is 10.0. The van der Waals surface area contributed by atoms with E-state index >= 15 is 0 Å². The molecule has 1 aliphatic rings. The van der Waals surface area contributed by atoms with Gasteiger partial charge in [-0.3, -0.25) is 4.79 Å². The average Bonchev–Trinajstić information content (AvgIpc) is 2.86. The van der Waals surface area contributed by atoms with Gasteiger partial charge in [-0.15, -0.1) is 11.8 Å². The molecule has 0 spiro atoms. The number of rotatable bonds is 2. The summed E-state index contributed by atoms with van der Waals surface area (Å²) in [6, 6.07) is 11.3. The fourth-order valence-electron chi connectivity index (χ4n) is 2.29. The van der Waals surface area contributed by atoms with Gasteiger partial charge in [-0.05, 0) is 43.2 Å². The SMILES string of the molecule is Cc1ccc2c(c1)S[C@@H](C(=O)Nc1cc(Cl)ccc1Cl)C2. The van der Waals surface area contributed by atoms with E-state index in [1.54, 1.807) is 30.0 Å². The van der Waals surface area contributed by atoms with Crippen LogP contribution in [0.25, 0.3) is 0 Å². The smallest absolute Gasteiger partial charge is 0.238 e. The molecule has 0 saturated heterocycles. The summed E-state index contributed by atoms with van der Waals surface area (Å²) < 4.78 is 0. The molecule has 3 rings (SSSR count). The van der Waals surface area contributed by atoms with Gasteiger partial charge in [0.25, 0.3) is 0 Å². The summed E-state index contributed by atoms with van der Waals surface area (Å²) in [5.41, 5.74) is 2.99. The van der Waals surface area contributed by atoms with Crippen LogP contribution in [0.15, 0.2) is 41.3 Å². The van der Waals surface area contributed by atoms with Crippen molar-refractivity contribution in [1.82, 2.24) is 0 Å². The summed E-state index contributed by atoms with van der Waals surface area (Å²) in [4.78, 5) is 13.6. The van der Waals surface area contributed by atoms with Crippen molar-refractivity contribution in [1.29, 1.82) is 0 Å². The first-order valence-corrected chi connectivity index (χ1v) is 8.18. The van der Waals surface area contributed by atoms with Crippen molar-refractivity contribution in [3.63, 3.8) is 0 Å². The number of carbonyl (C=O) groups is 1. The number of aryl methyl sites for hydroxylation is 1. The minimum Gasteiger partial charge on any atom is -0.324 e. The minimum absolute atomic E-state index is 0.0435. The summed E-state index contributed by atoms with van der Waals surface area (Å²) in [5, 5.41) is 3.78. The van der Waals surface area contributed by atoms with Gasteiger partial charge in [0.05, 0.1) is 16.0 Å². The van der Waals surface area contributed by atoms with Gasteiger partial charge in [0.15, 0.2) is 0 Å². The number of anilines is 1. The molecular formula is C16H13Cl2NOS. The van der Waals surface area contributed by atoms with Crippen LogP contribution in [-0.2, 0) is 11.2 Å². The summed E-state index contributed by atoms with van der Waals surface area (Å²) in [5.74, 6) is -0.0435. The van der Waals surface area contributed by atoms with Crippen LogP contribution in [0.1, 0.15) is 11.1 Å². The lowest BCUT2D eigenvalue weighted by atomic mass is 10.1. The van der Waals surface area contributed by atoms with E-state index in [1.165, 1.54) is 16.0 Å². The quantitative estimate of drug-likeness (QED) is 0.839. The lowest BCUT2D eigenvalue weighted by Crippen LogP contribution is -2.24. The van der Waals surface area contributed by atoms with Crippen molar-refractivity contribution in [2.24, 2.45) is 0 Å². The van der Waals surface area contributed by atoms with Gasteiger partial charge in [0.2, 0.25) is 5.91 Å². The van der Waals surface area contributed by atoms with Gasteiger partial charge < -0.3 is 5.32 Å². The number of hydrogen-bond donors (Lipinski definition) is 1. The molecule has 0 fully saturated rings. The van der Waals surface area contributed by atoms with Crippen molar-refractivity contribution >= 4 is 46.6 Å². The van der Waals surface area contributed by atoms with Crippen LogP contribution in [-0.4, -0.2) is 11.2 Å². The minimum atomic E-state index is -0.128. The molecule has 2 aromatic carbocycles. The van der Waals surface area contributed by atoms with E-state index in [9.17, 15) is 4.79 Å². The highest BCUT2D eigenvalue weighted by Gasteiger charge is 2.28. The van der Waals surface area contributed by atoms with Gasteiger partial charge in [0, 0.05) is 9.92 Å². The predicted octanol–water partition coefficient (Wildman–Crippen LogP) is 4.96. The zero-order valence-electron chi connectivity index (χ0n) is 11.3. The molecule has 0 saturated carbocycles. The first kappa shape index (κ1) is 14.8. The number of fused-ring (bicyclic) bond motifs is 1. The molecule has 0 unspecified atom stereocenters. The maximum Gasteiger partial charge on any atom is 0.238 e. The van der Waals surface area contributed by atoms with Crippen LogP contribution >= 0.6 is 35.0 Å². The Kier molecular flexibility index (Phi) is 4.16. The molecule has 1 amide bonds. The van der Waals surface area contributed by atoms with Crippen molar-refractivity contribution in [2.75, 3.05) is 5.32 Å². The molecule has 0 aliphatic carbocycles. The lowest BCUT2D eigenvalue weighted by molar-refractivity contribution is -0.115. The topological polar surface area (TPSA) is 29.1 Å². The molecule has 0 aromatic heterocycles. The maximum absolute atomic E-state index is 12.4. The van der Waals surface area contributed by atoms with Crippen molar-refractivity contribution < 1.29 is 4.79 Å². The lowest BCUT2D eigenvalue weighted by Gasteiger charge is -2.11. The summed E-state index contributed by atoms with van der Waals surface area (Å²) in [7, 11) is 0. The number of nitrogens with one attached hydrogen (secondary N) is 1. The Bertz CT molecular complexity index is 717. The molecule has 5 heteroatoms. The van der Waals surface area contributed by atoms with E-state index in [1.807, 2.05) is 0 Å². The fraction of sp³-hybridized carbons (Fsp3) is 0.188. The average molecular weight is 338 g/mol. The zero-order valence-corrected chi connectivity index (χ0v) is 13.6. The van der Waals surface area contributed by atoms with Gasteiger partial charge >= 0.3 is 0 Å². The Hall–Kier alpha value is -1.16. The van der Waals surface area contributed by atoms with E-state index in [2.05, 4.69) is 30.4 Å². The van der Waals surface area contributed by atoms with Crippen LogP contribution in [0.5, 0.6) is 0 Å². The van der Waals surface area contributed by atoms with E-state index in [0.29, 0.717) is 15.7 Å². The van der Waals surface area contributed by atoms with Crippen LogP contribution in [0.3, 0.4) is 0 Å². The summed E-state index contributed by atoms with van der Waals surface area (Å²) >= 11 is 13.6. The maximum atomic E-state index is 12.4. The van der Waals surface area contributed by atoms with Crippen LogP contribution in [0.4, 0.5) is 5.69 Å². The van der Waals surface area contributed by atoms with E-state index < -0.39 is 0 Å². The second kappa shape index (κ2) is 5.91. The van der Waals surface area contributed by atoms with Crippen LogP contribution < -0.4 is 5.32 Å². The van der Waals surface area contributed by atoms with Gasteiger partial charge in [-0.1, -0.05) is 40.9 Å². The van der Waals surface area contributed by atoms with E-state index in [-0.39, 0.29) is 11.2 Å². The molecule has 1 N–H and O–H groups in total. The molecule has 108 valence electrons. The number of thioether (sulfide) groups is 1. The monoisotopic (exact) mass is 337 g/mol. The molecule has 1 heterocycles.